The average molecular weight is 399 g/mol. The Hall–Kier alpha value is -1.43. The van der Waals surface area contributed by atoms with Gasteiger partial charge in [-0.2, -0.15) is 8.78 Å². The Balaban J connectivity index is 2.03. The summed E-state index contributed by atoms with van der Waals surface area (Å²) in [5.41, 5.74) is 2.01. The number of hydrogen-bond acceptors (Lipinski definition) is 1. The average Bonchev–Trinajstić information content (AvgIpc) is 2.45. The van der Waals surface area contributed by atoms with Gasteiger partial charge >= 0.3 is 0 Å². The van der Waals surface area contributed by atoms with Gasteiger partial charge in [-0.25, -0.2) is 0 Å². The molecule has 1 atom stereocenters. The summed E-state index contributed by atoms with van der Waals surface area (Å²) in [6.45, 7) is 0. The Bertz CT molecular complexity index is 595. The molecule has 0 aliphatic heterocycles. The van der Waals surface area contributed by atoms with E-state index in [0.717, 1.165) is 27.3 Å². The maximum Gasteiger partial charge on any atom is 0.268 e. The highest BCUT2D eigenvalue weighted by atomic mass is 127. The molecule has 21 heavy (non-hydrogen) atoms. The van der Waals surface area contributed by atoms with Crippen molar-refractivity contribution in [2.45, 2.75) is 18.9 Å². The van der Waals surface area contributed by atoms with E-state index in [0.29, 0.717) is 6.42 Å². The Kier molecular flexibility index (Phi) is 6.17. The van der Waals surface area contributed by atoms with E-state index in [1.54, 1.807) is 0 Å². The normalized spacial score (nSPS) is 11.8. The Morgan fingerprint density at radius 2 is 1.86 bits per heavy atom. The van der Waals surface area contributed by atoms with E-state index in [-0.39, 0.29) is 6.04 Å². The van der Waals surface area contributed by atoms with E-state index in [2.05, 4.69) is 27.9 Å². The Morgan fingerprint density at radius 3 is 2.52 bits per heavy atom. The van der Waals surface area contributed by atoms with Gasteiger partial charge < -0.3 is 5.32 Å². The molecule has 2 aromatic rings. The topological polar surface area (TPSA) is 12.0 Å². The second-order valence-corrected chi connectivity index (χ2v) is 5.99. The number of nitrogens with one attached hydrogen (secondary N) is 1. The minimum Gasteiger partial charge on any atom is -0.379 e. The maximum atomic E-state index is 12.6. The molecule has 0 heterocycles. The molecule has 0 radical (unpaired) electrons. The second kappa shape index (κ2) is 8.12. The minimum atomic E-state index is -1.65. The van der Waals surface area contributed by atoms with Gasteiger partial charge in [-0.05, 0) is 59.2 Å². The summed E-state index contributed by atoms with van der Waals surface area (Å²) in [7, 11) is 0. The van der Waals surface area contributed by atoms with Crippen LogP contribution in [0.1, 0.15) is 12.0 Å². The molecular weight excluding hydrogens is 383 g/mol. The quantitative estimate of drug-likeness (QED) is 0.634. The molecule has 0 bridgehead atoms. The van der Waals surface area contributed by atoms with Gasteiger partial charge in [0.25, 0.3) is 6.08 Å². The summed E-state index contributed by atoms with van der Waals surface area (Å²) in [6, 6.07) is 17.2. The van der Waals surface area contributed by atoms with Crippen LogP contribution in [0.15, 0.2) is 66.8 Å². The van der Waals surface area contributed by atoms with Crippen molar-refractivity contribution in [1.82, 2.24) is 0 Å². The van der Waals surface area contributed by atoms with Gasteiger partial charge in [-0.1, -0.05) is 36.4 Å². The first kappa shape index (κ1) is 15.9. The number of rotatable bonds is 6. The summed E-state index contributed by atoms with van der Waals surface area (Å²) in [4.78, 5) is 0. The van der Waals surface area contributed by atoms with Crippen LogP contribution in [0.2, 0.25) is 0 Å². The molecule has 0 aliphatic carbocycles. The third-order valence-electron chi connectivity index (χ3n) is 3.09. The first-order chi connectivity index (χ1) is 10.1. The molecule has 110 valence electrons. The smallest absolute Gasteiger partial charge is 0.268 e. The SMILES string of the molecule is FC(F)=C[C@H](CCc1ccccc1)Nc1cccc(I)c1. The van der Waals surface area contributed by atoms with Crippen LogP contribution in [-0.4, -0.2) is 6.04 Å². The Labute approximate surface area is 137 Å². The van der Waals surface area contributed by atoms with E-state index < -0.39 is 6.08 Å². The number of halogens is 3. The zero-order valence-electron chi connectivity index (χ0n) is 11.4. The minimum absolute atomic E-state index is 0.381. The van der Waals surface area contributed by atoms with E-state index in [1.807, 2.05) is 54.6 Å². The number of benzene rings is 2. The highest BCUT2D eigenvalue weighted by molar-refractivity contribution is 14.1. The highest BCUT2D eigenvalue weighted by Gasteiger charge is 2.08. The van der Waals surface area contributed by atoms with Crippen LogP contribution in [0.4, 0.5) is 14.5 Å². The molecule has 0 spiro atoms. The van der Waals surface area contributed by atoms with Gasteiger partial charge in [0, 0.05) is 15.3 Å². The monoisotopic (exact) mass is 399 g/mol. The zero-order chi connectivity index (χ0) is 15.1. The summed E-state index contributed by atoms with van der Waals surface area (Å²) in [5.74, 6) is 0. The third-order valence-corrected chi connectivity index (χ3v) is 3.76. The van der Waals surface area contributed by atoms with Gasteiger partial charge in [-0.3, -0.25) is 0 Å². The van der Waals surface area contributed by atoms with Crippen molar-refractivity contribution in [3.05, 3.63) is 75.9 Å². The van der Waals surface area contributed by atoms with E-state index in [4.69, 9.17) is 0 Å². The molecule has 0 aliphatic rings. The zero-order valence-corrected chi connectivity index (χ0v) is 13.6. The first-order valence-electron chi connectivity index (χ1n) is 6.72. The lowest BCUT2D eigenvalue weighted by Gasteiger charge is -2.16. The fraction of sp³-hybridized carbons (Fsp3) is 0.176. The molecular formula is C17H16F2IN. The van der Waals surface area contributed by atoms with Gasteiger partial charge in [0.2, 0.25) is 0 Å². The molecule has 2 aromatic carbocycles. The second-order valence-electron chi connectivity index (χ2n) is 4.74. The van der Waals surface area contributed by atoms with Gasteiger partial charge in [0.1, 0.15) is 0 Å². The predicted octanol–water partition coefficient (Wildman–Crippen LogP) is 5.48. The van der Waals surface area contributed by atoms with Crippen molar-refractivity contribution >= 4 is 28.3 Å². The van der Waals surface area contributed by atoms with Crippen LogP contribution < -0.4 is 5.32 Å². The predicted molar refractivity (Wildman–Crippen MR) is 91.6 cm³/mol. The number of anilines is 1. The van der Waals surface area contributed by atoms with Crippen LogP contribution in [0.5, 0.6) is 0 Å². The standard InChI is InChI=1S/C17H16F2IN/c18-17(19)12-16(10-9-13-5-2-1-3-6-13)21-15-8-4-7-14(20)11-15/h1-8,11-12,16,21H,9-10H2/t16-/m0/s1. The first-order valence-corrected chi connectivity index (χ1v) is 7.80. The maximum absolute atomic E-state index is 12.6. The van der Waals surface area contributed by atoms with Crippen molar-refractivity contribution in [1.29, 1.82) is 0 Å². The number of aryl methyl sites for hydroxylation is 1. The molecule has 0 fully saturated rings. The van der Waals surface area contributed by atoms with E-state index in [9.17, 15) is 8.78 Å². The molecule has 0 amide bonds. The summed E-state index contributed by atoms with van der Waals surface area (Å²) >= 11 is 2.20. The molecule has 2 rings (SSSR count). The van der Waals surface area contributed by atoms with Crippen molar-refractivity contribution in [2.75, 3.05) is 5.32 Å². The van der Waals surface area contributed by atoms with Crippen molar-refractivity contribution in [3.63, 3.8) is 0 Å². The lowest BCUT2D eigenvalue weighted by molar-refractivity contribution is 0.415. The van der Waals surface area contributed by atoms with Gasteiger partial charge in [-0.15, -0.1) is 0 Å². The fourth-order valence-corrected chi connectivity index (χ4v) is 2.65. The molecule has 0 saturated carbocycles. The Morgan fingerprint density at radius 1 is 1.10 bits per heavy atom. The molecule has 1 nitrogen and oxygen atoms in total. The van der Waals surface area contributed by atoms with Crippen LogP contribution in [0.3, 0.4) is 0 Å². The third kappa shape index (κ3) is 5.83. The van der Waals surface area contributed by atoms with Gasteiger partial charge in [0.05, 0.1) is 6.04 Å². The molecule has 0 saturated heterocycles. The summed E-state index contributed by atoms with van der Waals surface area (Å²) in [5, 5.41) is 3.16. The molecule has 4 heteroatoms. The fourth-order valence-electron chi connectivity index (χ4n) is 2.11. The van der Waals surface area contributed by atoms with E-state index >= 15 is 0 Å². The summed E-state index contributed by atoms with van der Waals surface area (Å²) < 4.78 is 26.3. The largest absolute Gasteiger partial charge is 0.379 e. The van der Waals surface area contributed by atoms with Crippen molar-refractivity contribution in [2.24, 2.45) is 0 Å². The lowest BCUT2D eigenvalue weighted by Crippen LogP contribution is -2.18. The molecule has 0 aromatic heterocycles. The van der Waals surface area contributed by atoms with Crippen LogP contribution in [0.25, 0.3) is 0 Å². The van der Waals surface area contributed by atoms with Crippen molar-refractivity contribution in [3.8, 4) is 0 Å². The van der Waals surface area contributed by atoms with Crippen LogP contribution >= 0.6 is 22.6 Å². The van der Waals surface area contributed by atoms with Crippen LogP contribution in [-0.2, 0) is 6.42 Å². The molecule has 0 unspecified atom stereocenters. The highest BCUT2D eigenvalue weighted by Crippen LogP contribution is 2.17. The van der Waals surface area contributed by atoms with E-state index in [1.165, 1.54) is 0 Å². The van der Waals surface area contributed by atoms with Crippen molar-refractivity contribution < 1.29 is 8.78 Å². The van der Waals surface area contributed by atoms with Crippen LogP contribution in [0, 0.1) is 3.57 Å². The molecule has 1 N–H and O–H groups in total. The van der Waals surface area contributed by atoms with Gasteiger partial charge in [0.15, 0.2) is 0 Å². The number of hydrogen-bond donors (Lipinski definition) is 1. The lowest BCUT2D eigenvalue weighted by atomic mass is 10.0. The summed E-state index contributed by atoms with van der Waals surface area (Å²) in [6.07, 6.45) is 0.716.